The number of anilines is 1. The Morgan fingerprint density at radius 2 is 2.36 bits per heavy atom. The fraction of sp³-hybridized carbons (Fsp3) is 0.400. The van der Waals surface area contributed by atoms with Crippen molar-refractivity contribution in [1.29, 1.82) is 0 Å². The fourth-order valence-corrected chi connectivity index (χ4v) is 1.53. The van der Waals surface area contributed by atoms with Crippen LogP contribution < -0.4 is 10.1 Å². The van der Waals surface area contributed by atoms with Crippen LogP contribution in [0.2, 0.25) is 0 Å². The Kier molecular flexibility index (Phi) is 2.45. The maximum Gasteiger partial charge on any atom is 0.184 e. The van der Waals surface area contributed by atoms with E-state index in [1.165, 1.54) is 0 Å². The van der Waals surface area contributed by atoms with Gasteiger partial charge in [0.1, 0.15) is 6.10 Å². The molecular weight excluding hydrogens is 182 g/mol. The Hall–Kier alpha value is -1.42. The lowest BCUT2D eigenvalue weighted by molar-refractivity contribution is 0.153. The first-order valence-electron chi connectivity index (χ1n) is 4.64. The zero-order chi connectivity index (χ0) is 9.97. The van der Waals surface area contributed by atoms with E-state index in [-0.39, 0.29) is 18.5 Å². The Morgan fingerprint density at radius 3 is 3.14 bits per heavy atom. The quantitative estimate of drug-likeness (QED) is 0.657. The number of phenolic OH excluding ortho intramolecular Hbond substituents is 1. The molecule has 0 saturated heterocycles. The number of fused-ring (bicyclic) bond motifs is 1. The van der Waals surface area contributed by atoms with Crippen LogP contribution in [0.15, 0.2) is 18.2 Å². The van der Waals surface area contributed by atoms with E-state index < -0.39 is 0 Å². The van der Waals surface area contributed by atoms with Crippen molar-refractivity contribution in [1.82, 2.24) is 0 Å². The van der Waals surface area contributed by atoms with Gasteiger partial charge in [-0.15, -0.1) is 0 Å². The van der Waals surface area contributed by atoms with Gasteiger partial charge in [0.25, 0.3) is 0 Å². The zero-order valence-corrected chi connectivity index (χ0v) is 7.73. The molecule has 0 saturated carbocycles. The standard InChI is InChI=1S/C10H13NO3/c12-5-4-7-6-11-8-2-1-3-9(13)10(8)14-7/h1-3,7,11-13H,4-6H2. The summed E-state index contributed by atoms with van der Waals surface area (Å²) in [5.74, 6) is 0.620. The third-order valence-corrected chi connectivity index (χ3v) is 2.25. The molecule has 0 aromatic heterocycles. The highest BCUT2D eigenvalue weighted by molar-refractivity contribution is 5.63. The lowest BCUT2D eigenvalue weighted by Crippen LogP contribution is -2.31. The molecule has 0 bridgehead atoms. The van der Waals surface area contributed by atoms with E-state index in [1.807, 2.05) is 6.07 Å². The Bertz CT molecular complexity index is 327. The zero-order valence-electron chi connectivity index (χ0n) is 7.73. The van der Waals surface area contributed by atoms with Gasteiger partial charge in [0.05, 0.1) is 12.2 Å². The molecule has 1 aliphatic rings. The van der Waals surface area contributed by atoms with Crippen LogP contribution in [-0.4, -0.2) is 29.5 Å². The molecule has 4 heteroatoms. The summed E-state index contributed by atoms with van der Waals surface area (Å²) >= 11 is 0. The van der Waals surface area contributed by atoms with Crippen molar-refractivity contribution in [2.45, 2.75) is 12.5 Å². The van der Waals surface area contributed by atoms with E-state index in [0.717, 1.165) is 5.69 Å². The minimum absolute atomic E-state index is 0.0687. The van der Waals surface area contributed by atoms with Crippen LogP contribution in [0, 0.1) is 0 Å². The van der Waals surface area contributed by atoms with Crippen LogP contribution in [0.1, 0.15) is 6.42 Å². The summed E-state index contributed by atoms with van der Waals surface area (Å²) in [4.78, 5) is 0. The molecule has 76 valence electrons. The first-order chi connectivity index (χ1) is 6.81. The number of phenols is 1. The SMILES string of the molecule is OCCC1CNc2cccc(O)c2O1. The third-order valence-electron chi connectivity index (χ3n) is 2.25. The molecule has 0 amide bonds. The number of aliphatic hydroxyl groups excluding tert-OH is 1. The molecule has 4 nitrogen and oxygen atoms in total. The number of aromatic hydroxyl groups is 1. The van der Waals surface area contributed by atoms with Crippen molar-refractivity contribution in [2.24, 2.45) is 0 Å². The number of hydrogen-bond acceptors (Lipinski definition) is 4. The third kappa shape index (κ3) is 1.61. The van der Waals surface area contributed by atoms with Crippen molar-refractivity contribution in [3.63, 3.8) is 0 Å². The smallest absolute Gasteiger partial charge is 0.184 e. The second kappa shape index (κ2) is 3.75. The lowest BCUT2D eigenvalue weighted by atomic mass is 10.2. The van der Waals surface area contributed by atoms with E-state index in [0.29, 0.717) is 18.7 Å². The largest absolute Gasteiger partial charge is 0.504 e. The van der Waals surface area contributed by atoms with Gasteiger partial charge in [0.2, 0.25) is 0 Å². The highest BCUT2D eigenvalue weighted by Crippen LogP contribution is 2.37. The predicted octanol–water partition coefficient (Wildman–Crippen LogP) is 0.947. The second-order valence-electron chi connectivity index (χ2n) is 3.29. The van der Waals surface area contributed by atoms with Crippen LogP contribution in [0.5, 0.6) is 11.5 Å². The van der Waals surface area contributed by atoms with Gasteiger partial charge in [-0.05, 0) is 12.1 Å². The molecule has 1 unspecified atom stereocenters. The van der Waals surface area contributed by atoms with Crippen molar-refractivity contribution < 1.29 is 14.9 Å². The molecule has 1 aromatic carbocycles. The van der Waals surface area contributed by atoms with E-state index in [4.69, 9.17) is 9.84 Å². The Labute approximate surface area is 82.1 Å². The highest BCUT2D eigenvalue weighted by atomic mass is 16.5. The molecule has 1 atom stereocenters. The summed E-state index contributed by atoms with van der Waals surface area (Å²) in [6, 6.07) is 5.20. The molecule has 1 aromatic rings. The highest BCUT2D eigenvalue weighted by Gasteiger charge is 2.20. The first-order valence-corrected chi connectivity index (χ1v) is 4.64. The molecule has 0 fully saturated rings. The number of aliphatic hydroxyl groups is 1. The number of para-hydroxylation sites is 1. The average molecular weight is 195 g/mol. The van der Waals surface area contributed by atoms with Crippen molar-refractivity contribution >= 4 is 5.69 Å². The fourth-order valence-electron chi connectivity index (χ4n) is 1.53. The summed E-state index contributed by atoms with van der Waals surface area (Å²) in [6.45, 7) is 0.756. The Balaban J connectivity index is 2.20. The number of hydrogen-bond donors (Lipinski definition) is 3. The first kappa shape index (κ1) is 9.15. The number of benzene rings is 1. The summed E-state index contributed by atoms with van der Waals surface area (Å²) in [5.41, 5.74) is 0.805. The van der Waals surface area contributed by atoms with E-state index in [1.54, 1.807) is 12.1 Å². The van der Waals surface area contributed by atoms with E-state index in [2.05, 4.69) is 5.32 Å². The topological polar surface area (TPSA) is 61.7 Å². The molecule has 2 rings (SSSR count). The van der Waals surface area contributed by atoms with Crippen LogP contribution in [0.3, 0.4) is 0 Å². The average Bonchev–Trinajstić information content (AvgIpc) is 2.20. The van der Waals surface area contributed by atoms with Gasteiger partial charge in [-0.3, -0.25) is 0 Å². The summed E-state index contributed by atoms with van der Waals surface area (Å²) in [5, 5.41) is 21.4. The molecule has 0 aliphatic carbocycles. The molecule has 1 aliphatic heterocycles. The van der Waals surface area contributed by atoms with Crippen LogP contribution >= 0.6 is 0 Å². The van der Waals surface area contributed by atoms with Crippen LogP contribution in [0.4, 0.5) is 5.69 Å². The summed E-state index contributed by atoms with van der Waals surface area (Å²) < 4.78 is 5.53. The second-order valence-corrected chi connectivity index (χ2v) is 3.29. The lowest BCUT2D eigenvalue weighted by Gasteiger charge is -2.27. The van der Waals surface area contributed by atoms with E-state index in [9.17, 15) is 5.11 Å². The van der Waals surface area contributed by atoms with Crippen LogP contribution in [0.25, 0.3) is 0 Å². The van der Waals surface area contributed by atoms with Crippen LogP contribution in [-0.2, 0) is 0 Å². The molecule has 0 radical (unpaired) electrons. The van der Waals surface area contributed by atoms with Crippen molar-refractivity contribution in [2.75, 3.05) is 18.5 Å². The summed E-state index contributed by atoms with van der Waals surface area (Å²) in [6.07, 6.45) is 0.502. The molecule has 0 spiro atoms. The van der Waals surface area contributed by atoms with Gasteiger partial charge in [-0.25, -0.2) is 0 Å². The number of ether oxygens (including phenoxy) is 1. The number of nitrogens with one attached hydrogen (secondary N) is 1. The molecular formula is C10H13NO3. The summed E-state index contributed by atoms with van der Waals surface area (Å²) in [7, 11) is 0. The molecule has 14 heavy (non-hydrogen) atoms. The predicted molar refractivity (Wildman–Crippen MR) is 52.7 cm³/mol. The van der Waals surface area contributed by atoms with Crippen molar-refractivity contribution in [3.05, 3.63) is 18.2 Å². The van der Waals surface area contributed by atoms with Gasteiger partial charge in [0, 0.05) is 13.0 Å². The molecule has 3 N–H and O–H groups in total. The van der Waals surface area contributed by atoms with Gasteiger partial charge in [-0.1, -0.05) is 6.07 Å². The monoisotopic (exact) mass is 195 g/mol. The maximum atomic E-state index is 9.51. The maximum absolute atomic E-state index is 9.51. The normalized spacial score (nSPS) is 19.4. The minimum Gasteiger partial charge on any atom is -0.504 e. The van der Waals surface area contributed by atoms with Gasteiger partial charge < -0.3 is 20.3 Å². The van der Waals surface area contributed by atoms with Gasteiger partial charge in [-0.2, -0.15) is 0 Å². The van der Waals surface area contributed by atoms with Crippen molar-refractivity contribution in [3.8, 4) is 11.5 Å². The van der Waals surface area contributed by atoms with E-state index >= 15 is 0 Å². The number of rotatable bonds is 2. The van der Waals surface area contributed by atoms with Gasteiger partial charge in [0.15, 0.2) is 11.5 Å². The Morgan fingerprint density at radius 1 is 1.50 bits per heavy atom. The van der Waals surface area contributed by atoms with Gasteiger partial charge >= 0.3 is 0 Å². The minimum atomic E-state index is -0.0687. The molecule has 1 heterocycles.